The van der Waals surface area contributed by atoms with Gasteiger partial charge in [-0.1, -0.05) is 26.0 Å². The molecule has 0 radical (unpaired) electrons. The van der Waals surface area contributed by atoms with Crippen molar-refractivity contribution < 1.29 is 4.79 Å². The molecule has 1 aromatic heterocycles. The van der Waals surface area contributed by atoms with Gasteiger partial charge in [0, 0.05) is 11.9 Å². The highest BCUT2D eigenvalue weighted by Crippen LogP contribution is 2.16. The first-order chi connectivity index (χ1) is 7.33. The molecule has 0 saturated carbocycles. The minimum atomic E-state index is 0.775. The number of allylic oxidation sites excluding steroid dienone is 3. The molecule has 1 aromatic rings. The highest BCUT2D eigenvalue weighted by molar-refractivity contribution is 5.66. The molecule has 0 aromatic carbocycles. The van der Waals surface area contributed by atoms with E-state index in [1.165, 1.54) is 17.2 Å². The number of aromatic nitrogens is 1. The summed E-state index contributed by atoms with van der Waals surface area (Å²) in [5.74, 6) is 0. The van der Waals surface area contributed by atoms with Crippen LogP contribution in [0.15, 0.2) is 24.4 Å². The Morgan fingerprint density at radius 3 is 2.60 bits per heavy atom. The summed E-state index contributed by atoms with van der Waals surface area (Å²) in [5, 5.41) is 0. The maximum absolute atomic E-state index is 10.1. The van der Waals surface area contributed by atoms with Crippen molar-refractivity contribution in [2.24, 2.45) is 0 Å². The summed E-state index contributed by atoms with van der Waals surface area (Å²) in [7, 11) is 0. The van der Waals surface area contributed by atoms with Crippen molar-refractivity contribution in [2.45, 2.75) is 26.7 Å². The van der Waals surface area contributed by atoms with E-state index in [9.17, 15) is 4.79 Å². The van der Waals surface area contributed by atoms with Gasteiger partial charge in [-0.15, -0.1) is 0 Å². The van der Waals surface area contributed by atoms with Gasteiger partial charge in [-0.05, 0) is 36.1 Å². The number of aldehydes is 1. The topological polar surface area (TPSA) is 32.9 Å². The fourth-order valence-electron chi connectivity index (χ4n) is 1.66. The highest BCUT2D eigenvalue weighted by Gasteiger charge is 2.04. The van der Waals surface area contributed by atoms with Crippen LogP contribution < -0.4 is 0 Å². The predicted molar refractivity (Wildman–Crippen MR) is 63.8 cm³/mol. The first kappa shape index (κ1) is 11.5. The van der Waals surface area contributed by atoms with E-state index in [0.29, 0.717) is 0 Å². The second-order valence-corrected chi connectivity index (χ2v) is 3.29. The Kier molecular flexibility index (Phi) is 4.61. The first-order valence-corrected chi connectivity index (χ1v) is 5.31. The highest BCUT2D eigenvalue weighted by atomic mass is 16.1. The third-order valence-corrected chi connectivity index (χ3v) is 2.41. The van der Waals surface area contributed by atoms with E-state index in [1.807, 2.05) is 12.2 Å². The van der Waals surface area contributed by atoms with Crippen LogP contribution in [0.4, 0.5) is 0 Å². The summed E-state index contributed by atoms with van der Waals surface area (Å²) >= 11 is 0. The first-order valence-electron chi connectivity index (χ1n) is 5.31. The molecule has 1 heterocycles. The average molecular weight is 203 g/mol. The summed E-state index contributed by atoms with van der Waals surface area (Å²) in [6.45, 7) is 4.31. The average Bonchev–Trinajstić information content (AvgIpc) is 2.66. The van der Waals surface area contributed by atoms with E-state index >= 15 is 0 Å². The Balaban J connectivity index is 2.85. The molecule has 0 atom stereocenters. The van der Waals surface area contributed by atoms with E-state index < -0.39 is 0 Å². The second-order valence-electron chi connectivity index (χ2n) is 3.29. The zero-order chi connectivity index (χ0) is 11.1. The number of aromatic amines is 1. The smallest absolute Gasteiger partial charge is 0.142 e. The molecule has 2 heteroatoms. The molecule has 0 unspecified atom stereocenters. The Labute approximate surface area is 90.7 Å². The van der Waals surface area contributed by atoms with E-state index in [2.05, 4.69) is 25.0 Å². The molecule has 0 amide bonds. The van der Waals surface area contributed by atoms with Crippen LogP contribution in [0.25, 0.3) is 6.08 Å². The number of H-pyrrole nitrogens is 1. The molecule has 0 aliphatic rings. The van der Waals surface area contributed by atoms with Gasteiger partial charge in [0.05, 0.1) is 0 Å². The Hall–Kier alpha value is -1.57. The van der Waals surface area contributed by atoms with Gasteiger partial charge in [0.2, 0.25) is 0 Å². The van der Waals surface area contributed by atoms with Crippen LogP contribution in [0.2, 0.25) is 0 Å². The predicted octanol–water partition coefficient (Wildman–Crippen LogP) is 2.91. The number of nitrogens with one attached hydrogen (secondary N) is 1. The number of carbonyl (C=O) groups excluding carboxylic acids is 1. The largest absolute Gasteiger partial charge is 0.361 e. The zero-order valence-corrected chi connectivity index (χ0v) is 9.29. The number of carbonyl (C=O) groups is 1. The normalized spacial score (nSPS) is 11.6. The lowest BCUT2D eigenvalue weighted by Crippen LogP contribution is -1.86. The Bertz CT molecular complexity index is 372. The molecular formula is C13H17NO. The van der Waals surface area contributed by atoms with Crippen LogP contribution >= 0.6 is 0 Å². The molecule has 0 fully saturated rings. The lowest BCUT2D eigenvalue weighted by Gasteiger charge is -1.98. The summed E-state index contributed by atoms with van der Waals surface area (Å²) in [6, 6.07) is 0. The van der Waals surface area contributed by atoms with Crippen LogP contribution in [0.3, 0.4) is 0 Å². The van der Waals surface area contributed by atoms with E-state index in [-0.39, 0.29) is 0 Å². The van der Waals surface area contributed by atoms with Gasteiger partial charge in [-0.3, -0.25) is 4.79 Å². The van der Waals surface area contributed by atoms with Crippen molar-refractivity contribution in [3.05, 3.63) is 41.2 Å². The van der Waals surface area contributed by atoms with Crippen molar-refractivity contribution in [1.82, 2.24) is 4.98 Å². The van der Waals surface area contributed by atoms with Crippen LogP contribution in [-0.2, 0) is 17.6 Å². The van der Waals surface area contributed by atoms with Gasteiger partial charge in [0.25, 0.3) is 0 Å². The van der Waals surface area contributed by atoms with Crippen LogP contribution in [-0.4, -0.2) is 11.3 Å². The number of hydrogen-bond donors (Lipinski definition) is 1. The van der Waals surface area contributed by atoms with Crippen molar-refractivity contribution in [1.29, 1.82) is 0 Å². The van der Waals surface area contributed by atoms with E-state index in [4.69, 9.17) is 0 Å². The Morgan fingerprint density at radius 2 is 2.00 bits per heavy atom. The summed E-state index contributed by atoms with van der Waals surface area (Å²) in [4.78, 5) is 13.3. The molecule has 0 bridgehead atoms. The quantitative estimate of drug-likeness (QED) is 0.445. The van der Waals surface area contributed by atoms with Crippen molar-refractivity contribution in [2.75, 3.05) is 0 Å². The third-order valence-electron chi connectivity index (χ3n) is 2.41. The van der Waals surface area contributed by atoms with E-state index in [0.717, 1.165) is 24.8 Å². The van der Waals surface area contributed by atoms with Gasteiger partial charge in [0.1, 0.15) is 6.29 Å². The van der Waals surface area contributed by atoms with Crippen LogP contribution in [0.1, 0.15) is 30.7 Å². The van der Waals surface area contributed by atoms with Gasteiger partial charge in [-0.2, -0.15) is 0 Å². The molecule has 0 spiro atoms. The minimum absolute atomic E-state index is 0.775. The van der Waals surface area contributed by atoms with Gasteiger partial charge >= 0.3 is 0 Å². The molecule has 0 aliphatic heterocycles. The molecule has 1 rings (SSSR count). The third kappa shape index (κ3) is 2.94. The molecule has 2 nitrogen and oxygen atoms in total. The molecule has 0 saturated heterocycles. The lowest BCUT2D eigenvalue weighted by molar-refractivity contribution is -0.104. The molecule has 15 heavy (non-hydrogen) atoms. The van der Waals surface area contributed by atoms with E-state index in [1.54, 1.807) is 6.08 Å². The van der Waals surface area contributed by atoms with Gasteiger partial charge in [-0.25, -0.2) is 0 Å². The van der Waals surface area contributed by atoms with Crippen molar-refractivity contribution in [3.8, 4) is 0 Å². The maximum Gasteiger partial charge on any atom is 0.142 e. The molecule has 1 N–H and O–H groups in total. The monoisotopic (exact) mass is 203 g/mol. The van der Waals surface area contributed by atoms with Gasteiger partial charge in [0.15, 0.2) is 0 Å². The molecular weight excluding hydrogens is 186 g/mol. The summed E-state index contributed by atoms with van der Waals surface area (Å²) < 4.78 is 0. The maximum atomic E-state index is 10.1. The number of aryl methyl sites for hydroxylation is 1. The number of rotatable bonds is 5. The standard InChI is InChI=1S/C13H17NO/c1-3-11-10-14-13(12(11)4-2)8-6-5-7-9-15/h5-10,14H,3-4H2,1-2H3/b7-5+,8-6+. The fraction of sp³-hybridized carbons (Fsp3) is 0.308. The molecule has 0 aliphatic carbocycles. The van der Waals surface area contributed by atoms with Crippen molar-refractivity contribution in [3.63, 3.8) is 0 Å². The minimum Gasteiger partial charge on any atom is -0.361 e. The van der Waals surface area contributed by atoms with Crippen molar-refractivity contribution >= 4 is 12.4 Å². The zero-order valence-electron chi connectivity index (χ0n) is 9.29. The number of hydrogen-bond acceptors (Lipinski definition) is 1. The van der Waals surface area contributed by atoms with Crippen LogP contribution in [0, 0.1) is 0 Å². The second kappa shape index (κ2) is 6.02. The molecule has 80 valence electrons. The summed E-state index contributed by atoms with van der Waals surface area (Å²) in [6.07, 6.45) is 12.0. The van der Waals surface area contributed by atoms with Gasteiger partial charge < -0.3 is 4.98 Å². The van der Waals surface area contributed by atoms with Crippen LogP contribution in [0.5, 0.6) is 0 Å². The Morgan fingerprint density at radius 1 is 1.20 bits per heavy atom. The summed E-state index contributed by atoms with van der Waals surface area (Å²) in [5.41, 5.74) is 3.88. The SMILES string of the molecule is CCc1c[nH]c(/C=C/C=C/C=O)c1CC. The lowest BCUT2D eigenvalue weighted by atomic mass is 10.1. The fourth-order valence-corrected chi connectivity index (χ4v) is 1.66.